The first-order valence-electron chi connectivity index (χ1n) is 5.24. The molecule has 0 heterocycles. The van der Waals surface area contributed by atoms with Gasteiger partial charge in [0.05, 0.1) is 10.0 Å². The zero-order valence-corrected chi connectivity index (χ0v) is 11.1. The maximum Gasteiger partial charge on any atom is 0.135 e. The summed E-state index contributed by atoms with van der Waals surface area (Å²) in [6.07, 6.45) is 0. The minimum atomic E-state index is 0.00394. The second-order valence-corrected chi connectivity index (χ2v) is 4.90. The van der Waals surface area contributed by atoms with Crippen molar-refractivity contribution in [1.29, 1.82) is 0 Å². The van der Waals surface area contributed by atoms with E-state index in [1.165, 1.54) is 17.2 Å². The predicted molar refractivity (Wildman–Crippen MR) is 73.0 cm³/mol. The molecule has 0 aliphatic carbocycles. The van der Waals surface area contributed by atoms with E-state index in [9.17, 15) is 5.11 Å². The van der Waals surface area contributed by atoms with Gasteiger partial charge in [-0.25, -0.2) is 0 Å². The van der Waals surface area contributed by atoms with Gasteiger partial charge in [0, 0.05) is 11.6 Å². The Morgan fingerprint density at radius 2 is 1.59 bits per heavy atom. The number of aromatic hydroxyl groups is 1. The molecular formula is C14H12Cl2O. The molecular weight excluding hydrogens is 255 g/mol. The smallest absolute Gasteiger partial charge is 0.135 e. The van der Waals surface area contributed by atoms with Crippen molar-refractivity contribution in [3.05, 3.63) is 51.5 Å². The highest BCUT2D eigenvalue weighted by Crippen LogP contribution is 2.36. The third-order valence-electron chi connectivity index (χ3n) is 2.85. The van der Waals surface area contributed by atoms with E-state index in [2.05, 4.69) is 19.9 Å². The average molecular weight is 267 g/mol. The van der Waals surface area contributed by atoms with E-state index in [1.54, 1.807) is 6.07 Å². The van der Waals surface area contributed by atoms with Gasteiger partial charge in [0.15, 0.2) is 0 Å². The Labute approximate surface area is 111 Å². The number of benzene rings is 2. The second-order valence-electron chi connectivity index (χ2n) is 4.08. The Morgan fingerprint density at radius 3 is 2.24 bits per heavy atom. The van der Waals surface area contributed by atoms with Gasteiger partial charge in [-0.05, 0) is 36.6 Å². The summed E-state index contributed by atoms with van der Waals surface area (Å²) in [5, 5.41) is 10.3. The van der Waals surface area contributed by atoms with Gasteiger partial charge >= 0.3 is 0 Å². The van der Waals surface area contributed by atoms with E-state index in [0.717, 1.165) is 11.1 Å². The van der Waals surface area contributed by atoms with E-state index in [1.807, 2.05) is 12.1 Å². The summed E-state index contributed by atoms with van der Waals surface area (Å²) < 4.78 is 0. The molecule has 0 radical (unpaired) electrons. The molecule has 0 atom stereocenters. The number of hydrogen-bond acceptors (Lipinski definition) is 1. The highest BCUT2D eigenvalue weighted by Gasteiger charge is 2.09. The number of phenols is 1. The summed E-state index contributed by atoms with van der Waals surface area (Å²) in [6, 6.07) is 9.25. The van der Waals surface area contributed by atoms with Crippen LogP contribution in [0.5, 0.6) is 5.75 Å². The fourth-order valence-corrected chi connectivity index (χ4v) is 2.10. The molecule has 0 aliphatic rings. The van der Waals surface area contributed by atoms with Crippen LogP contribution in [0, 0.1) is 13.8 Å². The van der Waals surface area contributed by atoms with Crippen LogP contribution in [-0.2, 0) is 0 Å². The Bertz CT molecular complexity index is 577. The monoisotopic (exact) mass is 266 g/mol. The van der Waals surface area contributed by atoms with Crippen LogP contribution in [0.25, 0.3) is 11.1 Å². The highest BCUT2D eigenvalue weighted by atomic mass is 35.5. The Balaban J connectivity index is 2.60. The molecule has 2 aromatic carbocycles. The highest BCUT2D eigenvalue weighted by molar-refractivity contribution is 6.36. The summed E-state index contributed by atoms with van der Waals surface area (Å²) in [6.45, 7) is 4.11. The summed E-state index contributed by atoms with van der Waals surface area (Å²) in [5.41, 5.74) is 4.26. The molecule has 0 amide bonds. The summed E-state index contributed by atoms with van der Waals surface area (Å²) in [7, 11) is 0. The van der Waals surface area contributed by atoms with Gasteiger partial charge in [0.2, 0.25) is 0 Å². The summed E-state index contributed by atoms with van der Waals surface area (Å²) >= 11 is 12.0. The molecule has 0 saturated heterocycles. The number of phenolic OH excluding ortho intramolecular Hbond substituents is 1. The van der Waals surface area contributed by atoms with Gasteiger partial charge in [-0.1, -0.05) is 41.4 Å². The van der Waals surface area contributed by atoms with E-state index >= 15 is 0 Å². The Morgan fingerprint density at radius 1 is 0.882 bits per heavy atom. The van der Waals surface area contributed by atoms with Crippen molar-refractivity contribution in [2.24, 2.45) is 0 Å². The van der Waals surface area contributed by atoms with E-state index < -0.39 is 0 Å². The second kappa shape index (κ2) is 4.59. The maximum atomic E-state index is 9.45. The zero-order chi connectivity index (χ0) is 12.6. The molecule has 1 N–H and O–H groups in total. The first-order chi connectivity index (χ1) is 7.99. The van der Waals surface area contributed by atoms with Gasteiger partial charge in [-0.3, -0.25) is 0 Å². The summed E-state index contributed by atoms with van der Waals surface area (Å²) in [5.74, 6) is 0.00394. The van der Waals surface area contributed by atoms with Crippen molar-refractivity contribution in [3.8, 4) is 16.9 Å². The predicted octanol–water partition coefficient (Wildman–Crippen LogP) is 4.98. The molecule has 0 aliphatic heterocycles. The first-order valence-corrected chi connectivity index (χ1v) is 6.00. The largest absolute Gasteiger partial charge is 0.506 e. The van der Waals surface area contributed by atoms with Crippen LogP contribution in [-0.4, -0.2) is 5.11 Å². The van der Waals surface area contributed by atoms with E-state index in [4.69, 9.17) is 23.2 Å². The summed E-state index contributed by atoms with van der Waals surface area (Å²) in [4.78, 5) is 0. The lowest BCUT2D eigenvalue weighted by molar-refractivity contribution is 0.475. The van der Waals surface area contributed by atoms with Crippen LogP contribution in [0.2, 0.25) is 10.0 Å². The Hall–Kier alpha value is -1.18. The third kappa shape index (κ3) is 2.41. The van der Waals surface area contributed by atoms with Gasteiger partial charge in [0.1, 0.15) is 5.75 Å². The fraction of sp³-hybridized carbons (Fsp3) is 0.143. The van der Waals surface area contributed by atoms with Crippen LogP contribution < -0.4 is 0 Å². The van der Waals surface area contributed by atoms with Crippen LogP contribution in [0.1, 0.15) is 11.1 Å². The molecule has 1 nitrogen and oxygen atoms in total. The van der Waals surface area contributed by atoms with Gasteiger partial charge in [-0.15, -0.1) is 0 Å². The van der Waals surface area contributed by atoms with Crippen molar-refractivity contribution >= 4 is 23.2 Å². The molecule has 0 unspecified atom stereocenters. The number of hydrogen-bond donors (Lipinski definition) is 1. The van der Waals surface area contributed by atoms with Crippen LogP contribution >= 0.6 is 23.2 Å². The van der Waals surface area contributed by atoms with Crippen molar-refractivity contribution in [2.75, 3.05) is 0 Å². The minimum Gasteiger partial charge on any atom is -0.506 e. The van der Waals surface area contributed by atoms with Crippen molar-refractivity contribution in [2.45, 2.75) is 13.8 Å². The lowest BCUT2D eigenvalue weighted by Gasteiger charge is -2.09. The third-order valence-corrected chi connectivity index (χ3v) is 3.47. The van der Waals surface area contributed by atoms with E-state index in [0.29, 0.717) is 10.0 Å². The molecule has 2 rings (SSSR count). The van der Waals surface area contributed by atoms with Gasteiger partial charge in [0.25, 0.3) is 0 Å². The SMILES string of the molecule is Cc1ccc(-c2cc(Cl)c(O)cc2Cl)cc1C. The zero-order valence-electron chi connectivity index (χ0n) is 9.59. The number of aryl methyl sites for hydroxylation is 2. The molecule has 0 fully saturated rings. The molecule has 0 saturated carbocycles. The number of halogens is 2. The van der Waals surface area contributed by atoms with Crippen LogP contribution in [0.15, 0.2) is 30.3 Å². The van der Waals surface area contributed by atoms with Gasteiger partial charge in [-0.2, -0.15) is 0 Å². The Kier molecular flexibility index (Phi) is 3.32. The molecule has 88 valence electrons. The lowest BCUT2D eigenvalue weighted by atomic mass is 10.0. The first kappa shape index (κ1) is 12.3. The molecule has 0 aromatic heterocycles. The van der Waals surface area contributed by atoms with Crippen molar-refractivity contribution in [3.63, 3.8) is 0 Å². The lowest BCUT2D eigenvalue weighted by Crippen LogP contribution is -1.85. The van der Waals surface area contributed by atoms with Crippen LogP contribution in [0.4, 0.5) is 0 Å². The normalized spacial score (nSPS) is 10.6. The van der Waals surface area contributed by atoms with Gasteiger partial charge < -0.3 is 5.11 Å². The maximum absolute atomic E-state index is 9.45. The molecule has 17 heavy (non-hydrogen) atoms. The number of rotatable bonds is 1. The van der Waals surface area contributed by atoms with Crippen molar-refractivity contribution in [1.82, 2.24) is 0 Å². The average Bonchev–Trinajstić information content (AvgIpc) is 2.27. The minimum absolute atomic E-state index is 0.00394. The molecule has 2 aromatic rings. The van der Waals surface area contributed by atoms with Crippen LogP contribution in [0.3, 0.4) is 0 Å². The quantitative estimate of drug-likeness (QED) is 0.772. The molecule has 3 heteroatoms. The van der Waals surface area contributed by atoms with Crippen molar-refractivity contribution < 1.29 is 5.11 Å². The topological polar surface area (TPSA) is 20.2 Å². The standard InChI is InChI=1S/C14H12Cl2O/c1-8-3-4-10(5-9(8)2)11-6-13(16)14(17)7-12(11)15/h3-7,17H,1-2H3. The van der Waals surface area contributed by atoms with E-state index in [-0.39, 0.29) is 5.75 Å². The molecule has 0 bridgehead atoms. The fourth-order valence-electron chi connectivity index (χ4n) is 1.67. The molecule has 0 spiro atoms.